The third-order valence-corrected chi connectivity index (χ3v) is 2.63. The van der Waals surface area contributed by atoms with E-state index in [9.17, 15) is 22.0 Å². The fraction of sp³-hybridized carbons (Fsp3) is 0.333. The van der Waals surface area contributed by atoms with E-state index in [1.54, 1.807) is 0 Å². The van der Waals surface area contributed by atoms with Crippen LogP contribution in [-0.2, 0) is 0 Å². The Kier molecular flexibility index (Phi) is 2.80. The van der Waals surface area contributed by atoms with Gasteiger partial charge in [0.2, 0.25) is 0 Å². The minimum atomic E-state index is -4.29. The Balaban J connectivity index is 3.46. The lowest BCUT2D eigenvalue weighted by atomic mass is 10.1. The van der Waals surface area contributed by atoms with E-state index in [1.165, 1.54) is 0 Å². The van der Waals surface area contributed by atoms with Crippen molar-refractivity contribution in [2.45, 2.75) is 11.1 Å². The first-order chi connectivity index (χ1) is 6.13. The standard InChI is InChI=1S/C6Cl3F5/c7-1-3(10)5(9,12)4(11)2(8)6(1,13)14. The largest absolute Gasteiger partial charge is 0.324 e. The zero-order valence-corrected chi connectivity index (χ0v) is 8.29. The van der Waals surface area contributed by atoms with Crippen molar-refractivity contribution >= 4 is 34.8 Å². The third kappa shape index (κ3) is 1.42. The molecule has 0 N–H and O–H groups in total. The van der Waals surface area contributed by atoms with E-state index < -0.39 is 32.8 Å². The van der Waals surface area contributed by atoms with Gasteiger partial charge in [-0.1, -0.05) is 34.8 Å². The number of halogens is 8. The van der Waals surface area contributed by atoms with Crippen molar-refractivity contribution in [3.63, 3.8) is 0 Å². The molecule has 0 aromatic rings. The van der Waals surface area contributed by atoms with Gasteiger partial charge < -0.3 is 0 Å². The second-order valence-corrected chi connectivity index (χ2v) is 3.68. The average Bonchev–Trinajstić information content (AvgIpc) is 2.11. The summed E-state index contributed by atoms with van der Waals surface area (Å²) in [6, 6.07) is 0. The molecule has 8 heteroatoms. The first-order valence-corrected chi connectivity index (χ1v) is 4.15. The molecule has 0 heterocycles. The summed E-state index contributed by atoms with van der Waals surface area (Å²) in [6.45, 7) is 0. The van der Waals surface area contributed by atoms with E-state index in [0.717, 1.165) is 0 Å². The second-order valence-electron chi connectivity index (χ2n) is 2.40. The van der Waals surface area contributed by atoms with Crippen LogP contribution in [0.2, 0.25) is 0 Å². The molecule has 0 saturated carbocycles. The highest BCUT2D eigenvalue weighted by atomic mass is 35.5. The SMILES string of the molecule is FC1=C(Cl)C(F)(F)C(Cl)=C(F)C1(F)Cl. The van der Waals surface area contributed by atoms with Crippen molar-refractivity contribution in [1.29, 1.82) is 0 Å². The summed E-state index contributed by atoms with van der Waals surface area (Å²) >= 11 is 14.2. The summed E-state index contributed by atoms with van der Waals surface area (Å²) < 4.78 is 63.8. The minimum Gasteiger partial charge on any atom is -0.210 e. The fourth-order valence-corrected chi connectivity index (χ4v) is 1.53. The van der Waals surface area contributed by atoms with Gasteiger partial charge >= 0.3 is 5.92 Å². The lowest BCUT2D eigenvalue weighted by Crippen LogP contribution is -2.32. The summed E-state index contributed by atoms with van der Waals surface area (Å²) in [5.41, 5.74) is 0. The molecule has 0 amide bonds. The van der Waals surface area contributed by atoms with Gasteiger partial charge in [0.1, 0.15) is 10.1 Å². The normalized spacial score (nSPS) is 25.7. The van der Waals surface area contributed by atoms with Crippen molar-refractivity contribution < 1.29 is 22.0 Å². The Morgan fingerprint density at radius 1 is 0.857 bits per heavy atom. The quantitative estimate of drug-likeness (QED) is 0.454. The number of hydrogen-bond donors (Lipinski definition) is 0. The number of allylic oxidation sites excluding steroid dienone is 4. The molecular weight excluding hydrogens is 273 g/mol. The summed E-state index contributed by atoms with van der Waals surface area (Å²) in [5.74, 6) is -8.89. The van der Waals surface area contributed by atoms with Gasteiger partial charge in [-0.15, -0.1) is 0 Å². The van der Waals surface area contributed by atoms with Crippen LogP contribution < -0.4 is 0 Å². The van der Waals surface area contributed by atoms with Crippen LogP contribution in [0.15, 0.2) is 21.7 Å². The van der Waals surface area contributed by atoms with E-state index in [4.69, 9.17) is 23.2 Å². The molecule has 0 nitrogen and oxygen atoms in total. The molecule has 0 aliphatic heterocycles. The van der Waals surface area contributed by atoms with Gasteiger partial charge in [-0.3, -0.25) is 0 Å². The predicted molar refractivity (Wildman–Crippen MR) is 42.6 cm³/mol. The van der Waals surface area contributed by atoms with E-state index in [-0.39, 0.29) is 0 Å². The fourth-order valence-electron chi connectivity index (χ4n) is 0.744. The molecule has 0 atom stereocenters. The number of hydrogen-bond acceptors (Lipinski definition) is 0. The minimum absolute atomic E-state index is 1.86. The molecule has 0 radical (unpaired) electrons. The highest BCUT2D eigenvalue weighted by Crippen LogP contribution is 2.53. The smallest absolute Gasteiger partial charge is 0.210 e. The summed E-state index contributed by atoms with van der Waals surface area (Å²) in [7, 11) is 0. The maximum atomic E-state index is 12.9. The van der Waals surface area contributed by atoms with Gasteiger partial charge in [0.15, 0.2) is 11.7 Å². The molecule has 0 bridgehead atoms. The molecule has 1 aliphatic rings. The van der Waals surface area contributed by atoms with Gasteiger partial charge in [0.25, 0.3) is 5.13 Å². The summed E-state index contributed by atoms with van der Waals surface area (Å²) in [4.78, 5) is 0. The Bertz CT molecular complexity index is 281. The average molecular weight is 273 g/mol. The van der Waals surface area contributed by atoms with Crippen LogP contribution in [0, 0.1) is 0 Å². The summed E-state index contributed by atoms with van der Waals surface area (Å²) in [6.07, 6.45) is 0. The molecule has 0 fully saturated rings. The second kappa shape index (κ2) is 3.25. The van der Waals surface area contributed by atoms with Crippen molar-refractivity contribution in [1.82, 2.24) is 0 Å². The number of rotatable bonds is 0. The highest BCUT2D eigenvalue weighted by molar-refractivity contribution is 6.39. The van der Waals surface area contributed by atoms with Crippen molar-refractivity contribution in [2.24, 2.45) is 0 Å². The first kappa shape index (κ1) is 12.1. The van der Waals surface area contributed by atoms with Gasteiger partial charge in [-0.2, -0.15) is 8.78 Å². The van der Waals surface area contributed by atoms with Crippen LogP contribution in [0.3, 0.4) is 0 Å². The van der Waals surface area contributed by atoms with Crippen molar-refractivity contribution in [3.05, 3.63) is 21.7 Å². The molecule has 0 aromatic heterocycles. The molecule has 0 aromatic carbocycles. The molecule has 1 rings (SSSR count). The predicted octanol–water partition coefficient (Wildman–Crippen LogP) is 4.38. The van der Waals surface area contributed by atoms with Crippen molar-refractivity contribution in [3.8, 4) is 0 Å². The molecule has 1 aliphatic carbocycles. The lowest BCUT2D eigenvalue weighted by molar-refractivity contribution is 0.0802. The van der Waals surface area contributed by atoms with E-state index in [2.05, 4.69) is 11.6 Å². The highest BCUT2D eigenvalue weighted by Gasteiger charge is 2.56. The Hall–Kier alpha value is -0.000000000000000111. The first-order valence-electron chi connectivity index (χ1n) is 3.01. The van der Waals surface area contributed by atoms with Crippen LogP contribution >= 0.6 is 34.8 Å². The van der Waals surface area contributed by atoms with Gasteiger partial charge in [-0.25, -0.2) is 13.2 Å². The van der Waals surface area contributed by atoms with Gasteiger partial charge in [0, 0.05) is 0 Å². The molecule has 14 heavy (non-hydrogen) atoms. The summed E-state index contributed by atoms with van der Waals surface area (Å²) in [5, 5.41) is -7.57. The Labute approximate surface area is 89.9 Å². The van der Waals surface area contributed by atoms with E-state index in [1.807, 2.05) is 0 Å². The third-order valence-electron chi connectivity index (χ3n) is 1.49. The van der Waals surface area contributed by atoms with Crippen molar-refractivity contribution in [2.75, 3.05) is 0 Å². The maximum Gasteiger partial charge on any atom is 0.324 e. The molecule has 80 valence electrons. The van der Waals surface area contributed by atoms with Crippen LogP contribution in [0.4, 0.5) is 22.0 Å². The van der Waals surface area contributed by atoms with Crippen LogP contribution in [0.1, 0.15) is 0 Å². The Morgan fingerprint density at radius 2 is 1.14 bits per heavy atom. The van der Waals surface area contributed by atoms with Crippen LogP contribution in [0.25, 0.3) is 0 Å². The van der Waals surface area contributed by atoms with Gasteiger partial charge in [0.05, 0.1) is 0 Å². The van der Waals surface area contributed by atoms with Gasteiger partial charge in [-0.05, 0) is 0 Å². The lowest BCUT2D eigenvalue weighted by Gasteiger charge is -2.26. The maximum absolute atomic E-state index is 12.9. The van der Waals surface area contributed by atoms with Crippen LogP contribution in [0.5, 0.6) is 0 Å². The van der Waals surface area contributed by atoms with E-state index in [0.29, 0.717) is 0 Å². The zero-order valence-electron chi connectivity index (χ0n) is 6.02. The molecule has 0 saturated heterocycles. The van der Waals surface area contributed by atoms with Crippen LogP contribution in [-0.4, -0.2) is 11.1 Å². The zero-order chi connectivity index (χ0) is 11.3. The van der Waals surface area contributed by atoms with E-state index >= 15 is 0 Å². The monoisotopic (exact) mass is 272 g/mol. The molecule has 0 spiro atoms. The number of alkyl halides is 4. The topological polar surface area (TPSA) is 0 Å². The Morgan fingerprint density at radius 3 is 1.43 bits per heavy atom. The molecular formula is C6Cl3F5. The molecule has 0 unspecified atom stereocenters.